The van der Waals surface area contributed by atoms with Crippen LogP contribution in [0.5, 0.6) is 5.75 Å². The van der Waals surface area contributed by atoms with Crippen molar-refractivity contribution in [2.24, 2.45) is 0 Å². The average Bonchev–Trinajstić information content (AvgIpc) is 3.16. The second-order valence-corrected chi connectivity index (χ2v) is 7.82. The van der Waals surface area contributed by atoms with E-state index in [4.69, 9.17) is 21.3 Å². The normalized spacial score (nSPS) is 11.3. The summed E-state index contributed by atoms with van der Waals surface area (Å²) < 4.78 is 7.23. The minimum Gasteiger partial charge on any atom is -0.497 e. The van der Waals surface area contributed by atoms with Crippen molar-refractivity contribution < 1.29 is 4.74 Å². The molecular formula is C22H30ClN5O. The molecule has 0 amide bonds. The van der Waals surface area contributed by atoms with E-state index < -0.39 is 0 Å². The molecular weight excluding hydrogens is 386 g/mol. The van der Waals surface area contributed by atoms with Gasteiger partial charge >= 0.3 is 0 Å². The second kappa shape index (κ2) is 9.35. The van der Waals surface area contributed by atoms with Crippen LogP contribution in [0.3, 0.4) is 0 Å². The van der Waals surface area contributed by atoms with Crippen LogP contribution in [0, 0.1) is 0 Å². The summed E-state index contributed by atoms with van der Waals surface area (Å²) in [6, 6.07) is 7.55. The topological polar surface area (TPSA) is 54.7 Å². The van der Waals surface area contributed by atoms with Crippen LogP contribution in [0.15, 0.2) is 30.5 Å². The van der Waals surface area contributed by atoms with Gasteiger partial charge in [0, 0.05) is 30.8 Å². The lowest BCUT2D eigenvalue weighted by atomic mass is 10.0. The van der Waals surface area contributed by atoms with Gasteiger partial charge in [0.05, 0.1) is 24.0 Å². The molecule has 0 aliphatic heterocycles. The van der Waals surface area contributed by atoms with Crippen molar-refractivity contribution in [1.29, 1.82) is 0 Å². The molecule has 0 bridgehead atoms. The molecule has 3 rings (SSSR count). The molecule has 0 saturated heterocycles. The van der Waals surface area contributed by atoms with Crippen LogP contribution < -0.4 is 15.0 Å². The predicted octanol–water partition coefficient (Wildman–Crippen LogP) is 5.88. The zero-order valence-corrected chi connectivity index (χ0v) is 18.6. The Hall–Kier alpha value is -2.47. The fraction of sp³-hybridized carbons (Fsp3) is 0.455. The Balaban J connectivity index is 2.18. The van der Waals surface area contributed by atoms with Crippen molar-refractivity contribution >= 4 is 34.6 Å². The van der Waals surface area contributed by atoms with E-state index in [1.807, 2.05) is 22.7 Å². The molecule has 156 valence electrons. The zero-order valence-electron chi connectivity index (χ0n) is 17.9. The summed E-state index contributed by atoms with van der Waals surface area (Å²) in [5.74, 6) is 2.89. The lowest BCUT2D eigenvalue weighted by Crippen LogP contribution is -2.29. The van der Waals surface area contributed by atoms with Gasteiger partial charge in [-0.1, -0.05) is 39.3 Å². The highest BCUT2D eigenvalue weighted by molar-refractivity contribution is 6.33. The van der Waals surface area contributed by atoms with E-state index >= 15 is 0 Å². The van der Waals surface area contributed by atoms with Crippen LogP contribution in [-0.2, 0) is 0 Å². The van der Waals surface area contributed by atoms with E-state index in [1.165, 1.54) is 0 Å². The molecule has 0 aliphatic rings. The summed E-state index contributed by atoms with van der Waals surface area (Å²) in [6.45, 7) is 10.7. The molecule has 0 radical (unpaired) electrons. The van der Waals surface area contributed by atoms with E-state index in [1.54, 1.807) is 19.4 Å². The van der Waals surface area contributed by atoms with E-state index in [-0.39, 0.29) is 5.92 Å². The largest absolute Gasteiger partial charge is 0.497 e. The summed E-state index contributed by atoms with van der Waals surface area (Å²) in [5.41, 5.74) is 2.75. The zero-order chi connectivity index (χ0) is 21.0. The van der Waals surface area contributed by atoms with Gasteiger partial charge in [0.1, 0.15) is 17.4 Å². The Bertz CT molecular complexity index is 963. The highest BCUT2D eigenvalue weighted by Crippen LogP contribution is 2.37. The molecule has 1 N–H and O–H groups in total. The Morgan fingerprint density at radius 3 is 2.48 bits per heavy atom. The van der Waals surface area contributed by atoms with E-state index in [2.05, 4.69) is 43.0 Å². The number of rotatable bonds is 9. The van der Waals surface area contributed by atoms with Crippen molar-refractivity contribution in [2.75, 3.05) is 30.4 Å². The van der Waals surface area contributed by atoms with E-state index in [0.717, 1.165) is 60.2 Å². The molecule has 0 fully saturated rings. The molecule has 1 aromatic carbocycles. The van der Waals surface area contributed by atoms with Gasteiger partial charge in [0.15, 0.2) is 5.65 Å². The Labute approximate surface area is 177 Å². The number of hydrogen-bond donors (Lipinski definition) is 1. The van der Waals surface area contributed by atoms with Gasteiger partial charge in [-0.05, 0) is 30.9 Å². The standard InChI is InChI=1S/C22H30ClN5O/c1-6-12-27(13-7-2)22-20(15(3)4)21(26-19-10-11-24-28(19)22)25-18-9-8-16(29-5)14-17(18)23/h8-11,14-15H,6-7,12-13H2,1-5H3,(H,25,26). The van der Waals surface area contributed by atoms with Gasteiger partial charge in [0.25, 0.3) is 0 Å². The number of nitrogens with one attached hydrogen (secondary N) is 1. The van der Waals surface area contributed by atoms with Gasteiger partial charge in [-0.15, -0.1) is 0 Å². The Kier molecular flexibility index (Phi) is 6.85. The summed E-state index contributed by atoms with van der Waals surface area (Å²) in [6.07, 6.45) is 3.93. The first-order valence-corrected chi connectivity index (χ1v) is 10.6. The lowest BCUT2D eigenvalue weighted by Gasteiger charge is -2.29. The number of halogens is 1. The molecule has 7 heteroatoms. The maximum absolute atomic E-state index is 6.49. The Morgan fingerprint density at radius 2 is 1.90 bits per heavy atom. The van der Waals surface area contributed by atoms with Gasteiger partial charge < -0.3 is 15.0 Å². The van der Waals surface area contributed by atoms with Crippen LogP contribution in [0.2, 0.25) is 5.02 Å². The SMILES string of the molecule is CCCN(CCC)c1c(C(C)C)c(Nc2ccc(OC)cc2Cl)nc2ccnn12. The van der Waals surface area contributed by atoms with Crippen molar-refractivity contribution in [3.05, 3.63) is 41.0 Å². The fourth-order valence-corrected chi connectivity index (χ4v) is 3.80. The summed E-state index contributed by atoms with van der Waals surface area (Å²) in [5, 5.41) is 8.64. The number of benzene rings is 1. The number of hydrogen-bond acceptors (Lipinski definition) is 5. The first kappa shape index (κ1) is 21.2. The summed E-state index contributed by atoms with van der Waals surface area (Å²) in [7, 11) is 1.63. The molecule has 6 nitrogen and oxygen atoms in total. The highest BCUT2D eigenvalue weighted by Gasteiger charge is 2.23. The Morgan fingerprint density at radius 1 is 1.17 bits per heavy atom. The maximum Gasteiger partial charge on any atom is 0.159 e. The van der Waals surface area contributed by atoms with Crippen LogP contribution >= 0.6 is 11.6 Å². The molecule has 2 aromatic heterocycles. The van der Waals surface area contributed by atoms with Gasteiger partial charge in [-0.2, -0.15) is 9.61 Å². The van der Waals surface area contributed by atoms with Crippen LogP contribution in [-0.4, -0.2) is 34.8 Å². The molecule has 0 unspecified atom stereocenters. The quantitative estimate of drug-likeness (QED) is 0.472. The summed E-state index contributed by atoms with van der Waals surface area (Å²) >= 11 is 6.49. The van der Waals surface area contributed by atoms with Crippen molar-refractivity contribution in [3.8, 4) is 5.75 Å². The smallest absolute Gasteiger partial charge is 0.159 e. The minimum atomic E-state index is 0.252. The maximum atomic E-state index is 6.49. The minimum absolute atomic E-state index is 0.252. The molecule has 3 aromatic rings. The average molecular weight is 416 g/mol. The van der Waals surface area contributed by atoms with Crippen molar-refractivity contribution in [1.82, 2.24) is 14.6 Å². The predicted molar refractivity (Wildman–Crippen MR) is 121 cm³/mol. The number of fused-ring (bicyclic) bond motifs is 1. The lowest BCUT2D eigenvalue weighted by molar-refractivity contribution is 0.415. The third-order valence-corrected chi connectivity index (χ3v) is 5.15. The van der Waals surface area contributed by atoms with Crippen LogP contribution in [0.1, 0.15) is 52.0 Å². The van der Waals surface area contributed by atoms with Crippen molar-refractivity contribution in [2.45, 2.75) is 46.5 Å². The van der Waals surface area contributed by atoms with Gasteiger partial charge in [-0.25, -0.2) is 4.98 Å². The molecule has 29 heavy (non-hydrogen) atoms. The second-order valence-electron chi connectivity index (χ2n) is 7.41. The van der Waals surface area contributed by atoms with E-state index in [9.17, 15) is 0 Å². The third kappa shape index (κ3) is 4.42. The van der Waals surface area contributed by atoms with Crippen LogP contribution in [0.25, 0.3) is 5.65 Å². The first-order valence-electron chi connectivity index (χ1n) is 10.2. The van der Waals surface area contributed by atoms with Crippen molar-refractivity contribution in [3.63, 3.8) is 0 Å². The number of aromatic nitrogens is 3. The third-order valence-electron chi connectivity index (χ3n) is 4.84. The van der Waals surface area contributed by atoms with E-state index in [0.29, 0.717) is 5.02 Å². The highest BCUT2D eigenvalue weighted by atomic mass is 35.5. The molecule has 0 saturated carbocycles. The molecule has 0 aliphatic carbocycles. The molecule has 0 spiro atoms. The summed E-state index contributed by atoms with van der Waals surface area (Å²) in [4.78, 5) is 7.29. The fourth-order valence-electron chi connectivity index (χ4n) is 3.59. The number of anilines is 3. The molecule has 2 heterocycles. The number of methoxy groups -OCH3 is 1. The first-order chi connectivity index (χ1) is 14.0. The molecule has 0 atom stereocenters. The number of nitrogens with zero attached hydrogens (tertiary/aromatic N) is 4. The van der Waals surface area contributed by atoms with Gasteiger partial charge in [0.2, 0.25) is 0 Å². The number of ether oxygens (including phenoxy) is 1. The van der Waals surface area contributed by atoms with Crippen LogP contribution in [0.4, 0.5) is 17.3 Å². The van der Waals surface area contributed by atoms with Gasteiger partial charge in [-0.3, -0.25) is 0 Å². The monoisotopic (exact) mass is 415 g/mol.